The van der Waals surface area contributed by atoms with E-state index in [1.54, 1.807) is 14.1 Å². The highest BCUT2D eigenvalue weighted by Gasteiger charge is 2.33. The summed E-state index contributed by atoms with van der Waals surface area (Å²) in [6.45, 7) is 11.0. The van der Waals surface area contributed by atoms with Crippen LogP contribution in [0.5, 0.6) is 11.5 Å². The van der Waals surface area contributed by atoms with E-state index in [9.17, 15) is 37.5 Å². The Kier molecular flexibility index (Phi) is 16.0. The van der Waals surface area contributed by atoms with Crippen LogP contribution >= 0.6 is 0 Å². The van der Waals surface area contributed by atoms with Crippen molar-refractivity contribution in [1.82, 2.24) is 29.7 Å². The molecule has 0 fully saturated rings. The first-order chi connectivity index (χ1) is 27.9. The molecule has 1 aromatic carbocycles. The Morgan fingerprint density at radius 2 is 1.24 bits per heavy atom. The lowest BCUT2D eigenvalue weighted by Crippen LogP contribution is -2.35. The fourth-order valence-corrected chi connectivity index (χ4v) is 7.07. The minimum absolute atomic E-state index is 0.0600. The van der Waals surface area contributed by atoms with Crippen molar-refractivity contribution in [2.45, 2.75) is 78.1 Å². The zero-order chi connectivity index (χ0) is 43.6. The molecule has 0 radical (unpaired) electrons. The summed E-state index contributed by atoms with van der Waals surface area (Å²) < 4.78 is 41.2. The first-order valence-electron chi connectivity index (χ1n) is 19.7. The van der Waals surface area contributed by atoms with E-state index in [-0.39, 0.29) is 61.1 Å². The van der Waals surface area contributed by atoms with Crippen LogP contribution in [-0.2, 0) is 6.42 Å². The van der Waals surface area contributed by atoms with Crippen LogP contribution in [0.4, 0.5) is 30.0 Å². The van der Waals surface area contributed by atoms with E-state index in [2.05, 4.69) is 29.5 Å². The number of allylic oxidation sites excluding steroid dienone is 3. The molecular formula is C41H56F2N8O8. The maximum atomic E-state index is 14.4. The Hall–Kier alpha value is -5.94. The van der Waals surface area contributed by atoms with Crippen molar-refractivity contribution in [1.29, 1.82) is 0 Å². The molecule has 59 heavy (non-hydrogen) atoms. The average Bonchev–Trinajstić information content (AvgIpc) is 3.17. The maximum absolute atomic E-state index is 14.4. The second kappa shape index (κ2) is 20.7. The number of aryl methyl sites for hydroxylation is 1. The highest BCUT2D eigenvalue weighted by Crippen LogP contribution is 2.47. The molecule has 2 heterocycles. The number of carbonyl (C=O) groups excluding carboxylic acids is 2. The third-order valence-electron chi connectivity index (χ3n) is 10.4. The number of aromatic nitrogens is 4. The summed E-state index contributed by atoms with van der Waals surface area (Å²) in [7, 11) is 6.13. The number of rotatable bonds is 18. The van der Waals surface area contributed by atoms with E-state index in [4.69, 9.17) is 9.47 Å². The van der Waals surface area contributed by atoms with Gasteiger partial charge in [0.1, 0.15) is 11.5 Å². The lowest BCUT2D eigenvalue weighted by molar-refractivity contribution is 0.159. The Morgan fingerprint density at radius 1 is 0.763 bits per heavy atom. The van der Waals surface area contributed by atoms with Crippen molar-refractivity contribution >= 4 is 23.8 Å². The van der Waals surface area contributed by atoms with Gasteiger partial charge in [-0.3, -0.25) is 29.5 Å². The number of ether oxygens (including phenoxy) is 2. The van der Waals surface area contributed by atoms with Crippen LogP contribution in [0, 0.1) is 17.6 Å². The molecule has 0 unspecified atom stereocenters. The summed E-state index contributed by atoms with van der Waals surface area (Å²) in [4.78, 5) is 88.3. The average molecular weight is 827 g/mol. The summed E-state index contributed by atoms with van der Waals surface area (Å²) in [6, 6.07) is 3.64. The Labute approximate surface area is 340 Å². The quantitative estimate of drug-likeness (QED) is 0.0955. The van der Waals surface area contributed by atoms with Gasteiger partial charge in [-0.05, 0) is 76.0 Å². The summed E-state index contributed by atoms with van der Waals surface area (Å²) in [5.41, 5.74) is -0.614. The molecule has 2 aromatic heterocycles. The third-order valence-corrected chi connectivity index (χ3v) is 10.4. The molecule has 4 rings (SSSR count). The van der Waals surface area contributed by atoms with Gasteiger partial charge in [-0.15, -0.1) is 0 Å². The van der Waals surface area contributed by atoms with Crippen molar-refractivity contribution in [3.63, 3.8) is 0 Å². The van der Waals surface area contributed by atoms with E-state index in [1.807, 2.05) is 35.9 Å². The highest BCUT2D eigenvalue weighted by atomic mass is 19.1. The van der Waals surface area contributed by atoms with Crippen LogP contribution in [0.3, 0.4) is 0 Å². The van der Waals surface area contributed by atoms with Crippen LogP contribution in [0.2, 0.25) is 0 Å². The topological polar surface area (TPSA) is 197 Å². The molecule has 0 saturated heterocycles. The molecule has 16 nitrogen and oxygen atoms in total. The predicted molar refractivity (Wildman–Crippen MR) is 222 cm³/mol. The van der Waals surface area contributed by atoms with Crippen molar-refractivity contribution in [3.8, 4) is 11.5 Å². The first kappa shape index (κ1) is 45.8. The molecule has 0 aliphatic heterocycles. The minimum atomic E-state index is -1.14. The number of anilines is 2. The number of hydrogen-bond acceptors (Lipinski definition) is 10. The largest absolute Gasteiger partial charge is 0.414 e. The summed E-state index contributed by atoms with van der Waals surface area (Å²) in [5, 5.41) is 0. The monoisotopic (exact) mass is 826 g/mol. The Bertz CT molecular complexity index is 2140. The van der Waals surface area contributed by atoms with Gasteiger partial charge in [0.05, 0.1) is 0 Å². The third kappa shape index (κ3) is 12.0. The molecule has 0 saturated carbocycles. The molecule has 1 aliphatic rings. The van der Waals surface area contributed by atoms with E-state index in [1.165, 1.54) is 33.7 Å². The zero-order valence-electron chi connectivity index (χ0n) is 34.9. The van der Waals surface area contributed by atoms with Gasteiger partial charge in [0.15, 0.2) is 11.6 Å². The molecule has 0 spiro atoms. The van der Waals surface area contributed by atoms with Crippen molar-refractivity contribution in [2.24, 2.45) is 5.92 Å². The minimum Gasteiger partial charge on any atom is -0.410 e. The van der Waals surface area contributed by atoms with Gasteiger partial charge in [0, 0.05) is 65.9 Å². The highest BCUT2D eigenvalue weighted by molar-refractivity contribution is 5.74. The maximum Gasteiger partial charge on any atom is 0.414 e. The predicted octanol–water partition coefficient (Wildman–Crippen LogP) is 5.38. The zero-order valence-corrected chi connectivity index (χ0v) is 34.9. The Balaban J connectivity index is 1.61. The number of nitrogens with one attached hydrogen (secondary N) is 4. The standard InChI is InChI=1S/C41H56F2N8O8/c1-9-10-11-14-26-22-29(58-40(56)50(7)19-12-17-48(5)34-32(42)36(52)46-38(54)44-34)31(28-21-25(4)15-16-27(28)24(2)3)30(23-26)59-41(57)51(8)20-13-18-49(6)35-33(43)37(53)47-39(55)45-35/h21-23,27-28H,2,9-20H2,1,3-8H3,(H2,44,46,52,54)(H2,45,47,53,55)/t27-,28+/m0/s1. The SMILES string of the molecule is C=C(C)[C@@H]1CCC(C)=C[C@H]1c1c(OC(=O)N(C)CCCN(C)c2[nH]c(=O)[nH]c(=O)c2F)cc(CCCCC)cc1OC(=O)N(C)CCCN(C)c1[nH]c(=O)[nH]c(=O)c1F. The first-order valence-corrected chi connectivity index (χ1v) is 19.7. The van der Waals surface area contributed by atoms with Gasteiger partial charge in [-0.2, -0.15) is 8.78 Å². The molecule has 18 heteroatoms. The molecule has 2 atom stereocenters. The normalized spacial score (nSPS) is 15.0. The lowest BCUT2D eigenvalue weighted by atomic mass is 9.73. The van der Waals surface area contributed by atoms with Crippen molar-refractivity contribution in [2.75, 3.05) is 64.2 Å². The summed E-state index contributed by atoms with van der Waals surface area (Å²) in [6.07, 6.45) is 6.38. The lowest BCUT2D eigenvalue weighted by Gasteiger charge is -2.33. The van der Waals surface area contributed by atoms with E-state index in [0.29, 0.717) is 24.8 Å². The number of unbranched alkanes of at least 4 members (excludes halogenated alkanes) is 2. The number of hydrogen-bond donors (Lipinski definition) is 4. The second-order valence-corrected chi connectivity index (χ2v) is 15.3. The number of amides is 2. The number of benzene rings is 1. The molecule has 4 N–H and O–H groups in total. The fraction of sp³-hybridized carbons (Fsp3) is 0.512. The fourth-order valence-electron chi connectivity index (χ4n) is 7.07. The Morgan fingerprint density at radius 3 is 1.68 bits per heavy atom. The summed E-state index contributed by atoms with van der Waals surface area (Å²) >= 11 is 0. The molecule has 0 bridgehead atoms. The van der Waals surface area contributed by atoms with Crippen molar-refractivity contribution < 1.29 is 27.8 Å². The smallest absolute Gasteiger partial charge is 0.410 e. The van der Waals surface area contributed by atoms with Gasteiger partial charge in [0.2, 0.25) is 11.6 Å². The second-order valence-electron chi connectivity index (χ2n) is 15.3. The summed E-state index contributed by atoms with van der Waals surface area (Å²) in [5.74, 6) is -2.73. The number of aromatic amines is 4. The molecule has 1 aliphatic carbocycles. The van der Waals surface area contributed by atoms with Gasteiger partial charge < -0.3 is 29.1 Å². The molecule has 3 aromatic rings. The van der Waals surface area contributed by atoms with Crippen LogP contribution in [0.15, 0.2) is 55.1 Å². The number of nitrogens with zero attached hydrogens (tertiary/aromatic N) is 4. The number of halogens is 2. The van der Waals surface area contributed by atoms with E-state index >= 15 is 0 Å². The molecule has 2 amide bonds. The van der Waals surface area contributed by atoms with Gasteiger partial charge >= 0.3 is 23.6 Å². The van der Waals surface area contributed by atoms with Crippen LogP contribution < -0.4 is 41.8 Å². The van der Waals surface area contributed by atoms with Gasteiger partial charge in [-0.1, -0.05) is 43.6 Å². The van der Waals surface area contributed by atoms with Crippen LogP contribution in [0.25, 0.3) is 0 Å². The number of carbonyl (C=O) groups is 2. The van der Waals surface area contributed by atoms with Gasteiger partial charge in [0.25, 0.3) is 11.1 Å². The van der Waals surface area contributed by atoms with Gasteiger partial charge in [-0.25, -0.2) is 19.2 Å². The van der Waals surface area contributed by atoms with Crippen LogP contribution in [-0.4, -0.2) is 96.3 Å². The van der Waals surface area contributed by atoms with E-state index in [0.717, 1.165) is 48.8 Å². The van der Waals surface area contributed by atoms with E-state index < -0.39 is 46.3 Å². The van der Waals surface area contributed by atoms with Crippen molar-refractivity contribution in [3.05, 3.63) is 100 Å². The number of H-pyrrole nitrogens is 4. The molecular weight excluding hydrogens is 770 g/mol. The molecule has 322 valence electrons. The van der Waals surface area contributed by atoms with Crippen LogP contribution in [0.1, 0.15) is 82.8 Å².